The molecule has 5 nitrogen and oxygen atoms in total. The van der Waals surface area contributed by atoms with Crippen LogP contribution in [0.4, 0.5) is 0 Å². The van der Waals surface area contributed by atoms with Crippen molar-refractivity contribution >= 4 is 11.9 Å². The molecule has 1 aliphatic rings. The Balaban J connectivity index is 2.24. The molecule has 1 aromatic carbocycles. The fourth-order valence-corrected chi connectivity index (χ4v) is 2.39. The van der Waals surface area contributed by atoms with Crippen LogP contribution in [0.2, 0.25) is 0 Å². The summed E-state index contributed by atoms with van der Waals surface area (Å²) in [4.78, 5) is 24.5. The summed E-state index contributed by atoms with van der Waals surface area (Å²) < 4.78 is 0. The lowest BCUT2D eigenvalue weighted by Crippen LogP contribution is -2.45. The molecular formula is C15H16N2O3. The Morgan fingerprint density at radius 3 is 2.90 bits per heavy atom. The number of nitrogens with zero attached hydrogens (tertiary/aromatic N) is 1. The van der Waals surface area contributed by atoms with Gasteiger partial charge in [-0.3, -0.25) is 9.59 Å². The number of hydrogen-bond donors (Lipinski definition) is 2. The molecule has 0 saturated heterocycles. The molecule has 2 rings (SSSR count). The maximum absolute atomic E-state index is 12.5. The number of benzene rings is 1. The number of carbonyl (C=O) groups is 2. The minimum atomic E-state index is -1.07. The van der Waals surface area contributed by atoms with E-state index in [0.717, 1.165) is 17.5 Å². The zero-order valence-corrected chi connectivity index (χ0v) is 11.0. The fraction of sp³-hybridized carbons (Fsp3) is 0.333. The normalized spacial score (nSPS) is 16.9. The van der Waals surface area contributed by atoms with Gasteiger partial charge in [0.15, 0.2) is 0 Å². The SMILES string of the molecule is C#CCN(CC(=O)O)C(=O)C1NCCc2ccccc21. The summed E-state index contributed by atoms with van der Waals surface area (Å²) in [6.45, 7) is 0.291. The minimum absolute atomic E-state index is 0.00845. The molecule has 5 heteroatoms. The topological polar surface area (TPSA) is 69.6 Å². The molecule has 0 saturated carbocycles. The Morgan fingerprint density at radius 2 is 2.20 bits per heavy atom. The molecule has 1 atom stereocenters. The molecule has 0 radical (unpaired) electrons. The molecule has 1 heterocycles. The maximum Gasteiger partial charge on any atom is 0.323 e. The summed E-state index contributed by atoms with van der Waals surface area (Å²) in [5.74, 6) is 0.966. The van der Waals surface area contributed by atoms with Crippen LogP contribution in [0.15, 0.2) is 24.3 Å². The van der Waals surface area contributed by atoms with Crippen molar-refractivity contribution in [3.63, 3.8) is 0 Å². The zero-order chi connectivity index (χ0) is 14.5. The minimum Gasteiger partial charge on any atom is -0.480 e. The standard InChI is InChI=1S/C15H16N2O3/c1-2-9-17(10-13(18)19)15(20)14-12-6-4-3-5-11(12)7-8-16-14/h1,3-6,14,16H,7-10H2,(H,18,19). The van der Waals surface area contributed by atoms with Crippen molar-refractivity contribution in [2.75, 3.05) is 19.6 Å². The highest BCUT2D eigenvalue weighted by molar-refractivity contribution is 5.87. The van der Waals surface area contributed by atoms with E-state index in [1.165, 1.54) is 4.90 Å². The van der Waals surface area contributed by atoms with E-state index in [-0.39, 0.29) is 19.0 Å². The van der Waals surface area contributed by atoms with Gasteiger partial charge < -0.3 is 15.3 Å². The van der Waals surface area contributed by atoms with Crippen molar-refractivity contribution < 1.29 is 14.7 Å². The van der Waals surface area contributed by atoms with E-state index in [1.54, 1.807) is 0 Å². The molecule has 104 valence electrons. The van der Waals surface area contributed by atoms with E-state index in [2.05, 4.69) is 11.2 Å². The summed E-state index contributed by atoms with van der Waals surface area (Å²) in [6, 6.07) is 7.15. The van der Waals surface area contributed by atoms with Crippen LogP contribution in [0.25, 0.3) is 0 Å². The summed E-state index contributed by atoms with van der Waals surface area (Å²) in [7, 11) is 0. The van der Waals surface area contributed by atoms with Gasteiger partial charge in [0, 0.05) is 6.54 Å². The average molecular weight is 272 g/mol. The van der Waals surface area contributed by atoms with Crippen LogP contribution in [0, 0.1) is 12.3 Å². The lowest BCUT2D eigenvalue weighted by Gasteiger charge is -2.30. The molecule has 1 aliphatic heterocycles. The third-order valence-corrected chi connectivity index (χ3v) is 3.28. The number of amides is 1. The monoisotopic (exact) mass is 272 g/mol. The number of rotatable bonds is 4. The largest absolute Gasteiger partial charge is 0.480 e. The van der Waals surface area contributed by atoms with Crippen LogP contribution in [-0.4, -0.2) is 41.5 Å². The Kier molecular flexibility index (Phi) is 4.38. The number of carboxylic acids is 1. The van der Waals surface area contributed by atoms with Crippen molar-refractivity contribution in [2.24, 2.45) is 0 Å². The Hall–Kier alpha value is -2.32. The molecule has 1 amide bonds. The molecule has 1 aromatic rings. The Labute approximate surface area is 117 Å². The second-order valence-corrected chi connectivity index (χ2v) is 4.63. The molecule has 1 unspecified atom stereocenters. The third-order valence-electron chi connectivity index (χ3n) is 3.28. The highest BCUT2D eigenvalue weighted by Crippen LogP contribution is 2.24. The van der Waals surface area contributed by atoms with Gasteiger partial charge in [0.1, 0.15) is 12.6 Å². The predicted molar refractivity (Wildman–Crippen MR) is 73.9 cm³/mol. The second kappa shape index (κ2) is 6.22. The van der Waals surface area contributed by atoms with Crippen LogP contribution in [0.1, 0.15) is 17.2 Å². The van der Waals surface area contributed by atoms with Gasteiger partial charge in [-0.1, -0.05) is 30.2 Å². The Morgan fingerprint density at radius 1 is 1.45 bits per heavy atom. The molecule has 0 spiro atoms. The van der Waals surface area contributed by atoms with Crippen molar-refractivity contribution in [1.29, 1.82) is 0 Å². The van der Waals surface area contributed by atoms with Crippen molar-refractivity contribution in [3.05, 3.63) is 35.4 Å². The fourth-order valence-electron chi connectivity index (χ4n) is 2.39. The van der Waals surface area contributed by atoms with Crippen LogP contribution < -0.4 is 5.32 Å². The van der Waals surface area contributed by atoms with Crippen LogP contribution in [0.3, 0.4) is 0 Å². The van der Waals surface area contributed by atoms with E-state index < -0.39 is 12.0 Å². The van der Waals surface area contributed by atoms with Crippen molar-refractivity contribution in [1.82, 2.24) is 10.2 Å². The van der Waals surface area contributed by atoms with E-state index in [1.807, 2.05) is 24.3 Å². The highest BCUT2D eigenvalue weighted by Gasteiger charge is 2.30. The van der Waals surface area contributed by atoms with Crippen molar-refractivity contribution in [3.8, 4) is 12.3 Å². The number of carboxylic acid groups (broad SMARTS) is 1. The second-order valence-electron chi connectivity index (χ2n) is 4.63. The number of hydrogen-bond acceptors (Lipinski definition) is 3. The van der Waals surface area contributed by atoms with E-state index in [0.29, 0.717) is 6.54 Å². The average Bonchev–Trinajstić information content (AvgIpc) is 2.45. The van der Waals surface area contributed by atoms with Gasteiger partial charge in [0.05, 0.1) is 6.54 Å². The van der Waals surface area contributed by atoms with E-state index >= 15 is 0 Å². The van der Waals surface area contributed by atoms with Crippen LogP contribution in [-0.2, 0) is 16.0 Å². The molecule has 0 aromatic heterocycles. The first-order valence-electron chi connectivity index (χ1n) is 6.38. The molecule has 0 bridgehead atoms. The first-order valence-corrected chi connectivity index (χ1v) is 6.38. The number of carbonyl (C=O) groups excluding carboxylic acids is 1. The molecular weight excluding hydrogens is 256 g/mol. The van der Waals surface area contributed by atoms with Crippen LogP contribution in [0.5, 0.6) is 0 Å². The summed E-state index contributed by atoms with van der Waals surface area (Å²) >= 11 is 0. The smallest absolute Gasteiger partial charge is 0.323 e. The lowest BCUT2D eigenvalue weighted by atomic mass is 9.93. The number of aliphatic carboxylic acids is 1. The first-order chi connectivity index (χ1) is 9.63. The molecule has 0 fully saturated rings. The van der Waals surface area contributed by atoms with Gasteiger partial charge in [-0.15, -0.1) is 6.42 Å². The molecule has 20 heavy (non-hydrogen) atoms. The van der Waals surface area contributed by atoms with Gasteiger partial charge in [0.25, 0.3) is 0 Å². The first kappa shape index (κ1) is 14.1. The number of fused-ring (bicyclic) bond motifs is 1. The number of nitrogens with one attached hydrogen (secondary N) is 1. The summed E-state index contributed by atoms with van der Waals surface area (Å²) in [6.07, 6.45) is 6.07. The lowest BCUT2D eigenvalue weighted by molar-refractivity contribution is -0.145. The van der Waals surface area contributed by atoms with E-state index in [9.17, 15) is 9.59 Å². The quantitative estimate of drug-likeness (QED) is 0.779. The van der Waals surface area contributed by atoms with Crippen LogP contribution >= 0.6 is 0 Å². The van der Waals surface area contributed by atoms with E-state index in [4.69, 9.17) is 11.5 Å². The predicted octanol–water partition coefficient (Wildman–Crippen LogP) is 0.420. The Bertz CT molecular complexity index is 562. The summed E-state index contributed by atoms with van der Waals surface area (Å²) in [5.41, 5.74) is 2.01. The van der Waals surface area contributed by atoms with Gasteiger partial charge in [0.2, 0.25) is 5.91 Å². The van der Waals surface area contributed by atoms with Gasteiger partial charge in [-0.2, -0.15) is 0 Å². The molecule has 2 N–H and O–H groups in total. The van der Waals surface area contributed by atoms with Crippen molar-refractivity contribution in [2.45, 2.75) is 12.5 Å². The maximum atomic E-state index is 12.5. The van der Waals surface area contributed by atoms with Gasteiger partial charge in [-0.25, -0.2) is 0 Å². The molecule has 0 aliphatic carbocycles. The third kappa shape index (κ3) is 2.98. The number of terminal acetylenes is 1. The zero-order valence-electron chi connectivity index (χ0n) is 11.0. The van der Waals surface area contributed by atoms with Gasteiger partial charge >= 0.3 is 5.97 Å². The highest BCUT2D eigenvalue weighted by atomic mass is 16.4. The summed E-state index contributed by atoms with van der Waals surface area (Å²) in [5, 5.41) is 12.0. The van der Waals surface area contributed by atoms with Gasteiger partial charge in [-0.05, 0) is 17.5 Å².